The minimum Gasteiger partial charge on any atom is -0.493 e. The van der Waals surface area contributed by atoms with Gasteiger partial charge in [-0.25, -0.2) is 0 Å². The first-order valence-corrected chi connectivity index (χ1v) is 9.71. The summed E-state index contributed by atoms with van der Waals surface area (Å²) in [6.45, 7) is 5.93. The molecule has 2 atom stereocenters. The van der Waals surface area contributed by atoms with E-state index in [1.807, 2.05) is 37.3 Å². The highest BCUT2D eigenvalue weighted by atomic mass is 16.5. The van der Waals surface area contributed by atoms with Gasteiger partial charge in [-0.15, -0.1) is 0 Å². The number of piperidine rings is 1. The van der Waals surface area contributed by atoms with E-state index >= 15 is 0 Å². The lowest BCUT2D eigenvalue weighted by Gasteiger charge is -2.37. The molecule has 0 radical (unpaired) electrons. The standard InChI is InChI=1S/C23H30N2O3/c1-15-6-7-18(12-16(15)2)23(26)24-20-10-11-25(3)14-19(20)17-8-9-21(27-4)22(13-17)28-5/h6-9,12-13,19-20H,10-11,14H2,1-5H3,(H,24,26)/t19-,20-/m0/s1. The number of hydrogen-bond donors (Lipinski definition) is 1. The molecule has 1 heterocycles. The van der Waals surface area contributed by atoms with Crippen LogP contribution in [0.3, 0.4) is 0 Å². The van der Waals surface area contributed by atoms with Crippen LogP contribution in [-0.2, 0) is 0 Å². The summed E-state index contributed by atoms with van der Waals surface area (Å²) in [5, 5.41) is 3.28. The molecular formula is C23H30N2O3. The number of ether oxygens (including phenoxy) is 2. The Morgan fingerprint density at radius 2 is 1.79 bits per heavy atom. The van der Waals surface area contributed by atoms with Crippen LogP contribution in [0.4, 0.5) is 0 Å². The third-order valence-corrected chi connectivity index (χ3v) is 5.74. The molecule has 28 heavy (non-hydrogen) atoms. The van der Waals surface area contributed by atoms with Crippen LogP contribution in [0, 0.1) is 13.8 Å². The lowest BCUT2D eigenvalue weighted by molar-refractivity contribution is 0.0904. The SMILES string of the molecule is COc1ccc([C@@H]2CN(C)CC[C@@H]2NC(=O)c2ccc(C)c(C)c2)cc1OC. The molecule has 1 fully saturated rings. The zero-order chi connectivity index (χ0) is 20.3. The molecule has 1 amide bonds. The Morgan fingerprint density at radius 1 is 1.04 bits per heavy atom. The number of carbonyl (C=O) groups excluding carboxylic acids is 1. The third-order valence-electron chi connectivity index (χ3n) is 5.74. The first-order valence-electron chi connectivity index (χ1n) is 9.71. The first kappa shape index (κ1) is 20.2. The van der Waals surface area contributed by atoms with E-state index in [0.29, 0.717) is 17.1 Å². The Balaban J connectivity index is 1.84. The Morgan fingerprint density at radius 3 is 2.46 bits per heavy atom. The van der Waals surface area contributed by atoms with Gasteiger partial charge in [0.05, 0.1) is 14.2 Å². The monoisotopic (exact) mass is 382 g/mol. The molecular weight excluding hydrogens is 352 g/mol. The number of hydrogen-bond acceptors (Lipinski definition) is 4. The fourth-order valence-electron chi connectivity index (χ4n) is 3.84. The third kappa shape index (κ3) is 4.30. The number of methoxy groups -OCH3 is 2. The summed E-state index contributed by atoms with van der Waals surface area (Å²) in [5.41, 5.74) is 4.19. The quantitative estimate of drug-likeness (QED) is 0.859. The van der Waals surface area contributed by atoms with E-state index in [4.69, 9.17) is 9.47 Å². The molecule has 5 heteroatoms. The van der Waals surface area contributed by atoms with Crippen molar-refractivity contribution in [3.05, 3.63) is 58.7 Å². The second kappa shape index (κ2) is 8.65. The van der Waals surface area contributed by atoms with Gasteiger partial charge in [-0.05, 0) is 74.8 Å². The largest absolute Gasteiger partial charge is 0.493 e. The van der Waals surface area contributed by atoms with Gasteiger partial charge in [-0.3, -0.25) is 4.79 Å². The van der Waals surface area contributed by atoms with Crippen molar-refractivity contribution in [3.63, 3.8) is 0 Å². The second-order valence-electron chi connectivity index (χ2n) is 7.65. The molecule has 150 valence electrons. The smallest absolute Gasteiger partial charge is 0.251 e. The van der Waals surface area contributed by atoms with Gasteiger partial charge < -0.3 is 19.7 Å². The number of likely N-dealkylation sites (N-methyl/N-ethyl adjacent to an activating group) is 1. The summed E-state index contributed by atoms with van der Waals surface area (Å²) in [6, 6.07) is 12.0. The zero-order valence-electron chi connectivity index (χ0n) is 17.4. The van der Waals surface area contributed by atoms with Gasteiger partial charge >= 0.3 is 0 Å². The van der Waals surface area contributed by atoms with Crippen molar-refractivity contribution in [3.8, 4) is 11.5 Å². The molecule has 1 saturated heterocycles. The average Bonchev–Trinajstić information content (AvgIpc) is 2.70. The molecule has 0 aliphatic carbocycles. The number of benzene rings is 2. The van der Waals surface area contributed by atoms with Crippen molar-refractivity contribution >= 4 is 5.91 Å². The number of likely N-dealkylation sites (tertiary alicyclic amines) is 1. The fraction of sp³-hybridized carbons (Fsp3) is 0.435. The van der Waals surface area contributed by atoms with Gasteiger partial charge in [0.2, 0.25) is 0 Å². The van der Waals surface area contributed by atoms with Crippen molar-refractivity contribution < 1.29 is 14.3 Å². The highest BCUT2D eigenvalue weighted by Crippen LogP contribution is 2.34. The van der Waals surface area contributed by atoms with Gasteiger partial charge in [0.15, 0.2) is 11.5 Å². The number of amides is 1. The molecule has 0 aromatic heterocycles. The van der Waals surface area contributed by atoms with Crippen LogP contribution in [-0.4, -0.2) is 51.2 Å². The molecule has 5 nitrogen and oxygen atoms in total. The normalized spacial score (nSPS) is 19.9. The molecule has 2 aromatic rings. The lowest BCUT2D eigenvalue weighted by atomic mass is 9.85. The summed E-state index contributed by atoms with van der Waals surface area (Å²) in [7, 11) is 5.40. The average molecular weight is 383 g/mol. The van der Waals surface area contributed by atoms with E-state index < -0.39 is 0 Å². The second-order valence-corrected chi connectivity index (χ2v) is 7.65. The molecule has 1 N–H and O–H groups in total. The van der Waals surface area contributed by atoms with Crippen LogP contribution >= 0.6 is 0 Å². The maximum Gasteiger partial charge on any atom is 0.251 e. The minimum absolute atomic E-state index is 0.0110. The van der Waals surface area contributed by atoms with E-state index in [2.05, 4.69) is 30.3 Å². The van der Waals surface area contributed by atoms with Gasteiger partial charge in [-0.1, -0.05) is 12.1 Å². The van der Waals surface area contributed by atoms with Crippen molar-refractivity contribution in [1.29, 1.82) is 0 Å². The summed E-state index contributed by atoms with van der Waals surface area (Å²) in [6.07, 6.45) is 0.909. The van der Waals surface area contributed by atoms with Crippen LogP contribution in [0.2, 0.25) is 0 Å². The molecule has 0 spiro atoms. The first-order chi connectivity index (χ1) is 13.4. The van der Waals surface area contributed by atoms with Crippen LogP contribution in [0.15, 0.2) is 36.4 Å². The molecule has 0 bridgehead atoms. The van der Waals surface area contributed by atoms with E-state index in [1.54, 1.807) is 14.2 Å². The lowest BCUT2D eigenvalue weighted by Crippen LogP contribution is -2.48. The van der Waals surface area contributed by atoms with E-state index in [1.165, 1.54) is 5.56 Å². The Bertz CT molecular complexity index is 850. The van der Waals surface area contributed by atoms with E-state index in [-0.39, 0.29) is 17.9 Å². The van der Waals surface area contributed by atoms with E-state index in [0.717, 1.165) is 30.6 Å². The summed E-state index contributed by atoms with van der Waals surface area (Å²) in [4.78, 5) is 15.2. The van der Waals surface area contributed by atoms with Gasteiger partial charge in [-0.2, -0.15) is 0 Å². The molecule has 0 unspecified atom stereocenters. The van der Waals surface area contributed by atoms with Crippen LogP contribution in [0.25, 0.3) is 0 Å². The van der Waals surface area contributed by atoms with E-state index in [9.17, 15) is 4.79 Å². The van der Waals surface area contributed by atoms with Gasteiger partial charge in [0.1, 0.15) is 0 Å². The molecule has 1 aliphatic rings. The predicted octanol–water partition coefficient (Wildman–Crippen LogP) is 3.54. The zero-order valence-corrected chi connectivity index (χ0v) is 17.4. The topological polar surface area (TPSA) is 50.8 Å². The van der Waals surface area contributed by atoms with Crippen molar-refractivity contribution in [2.24, 2.45) is 0 Å². The molecule has 0 saturated carbocycles. The highest BCUT2D eigenvalue weighted by molar-refractivity contribution is 5.94. The predicted molar refractivity (Wildman–Crippen MR) is 112 cm³/mol. The number of nitrogens with one attached hydrogen (secondary N) is 1. The van der Waals surface area contributed by atoms with Crippen molar-refractivity contribution in [1.82, 2.24) is 10.2 Å². The van der Waals surface area contributed by atoms with Crippen LogP contribution < -0.4 is 14.8 Å². The molecule has 2 aromatic carbocycles. The Kier molecular flexibility index (Phi) is 6.25. The summed E-state index contributed by atoms with van der Waals surface area (Å²) < 4.78 is 10.8. The Hall–Kier alpha value is -2.53. The summed E-state index contributed by atoms with van der Waals surface area (Å²) in [5.74, 6) is 1.61. The minimum atomic E-state index is -0.0110. The fourth-order valence-corrected chi connectivity index (χ4v) is 3.84. The van der Waals surface area contributed by atoms with Gasteiger partial charge in [0, 0.05) is 24.1 Å². The maximum absolute atomic E-state index is 12.9. The van der Waals surface area contributed by atoms with Crippen LogP contribution in [0.5, 0.6) is 11.5 Å². The van der Waals surface area contributed by atoms with Crippen molar-refractivity contribution in [2.75, 3.05) is 34.4 Å². The Labute approximate surface area is 167 Å². The highest BCUT2D eigenvalue weighted by Gasteiger charge is 2.31. The number of carbonyl (C=O) groups is 1. The van der Waals surface area contributed by atoms with Gasteiger partial charge in [0.25, 0.3) is 5.91 Å². The van der Waals surface area contributed by atoms with Crippen molar-refractivity contribution in [2.45, 2.75) is 32.2 Å². The maximum atomic E-state index is 12.9. The van der Waals surface area contributed by atoms with Crippen LogP contribution in [0.1, 0.15) is 39.4 Å². The number of rotatable bonds is 5. The molecule has 3 rings (SSSR count). The number of nitrogens with zero attached hydrogens (tertiary/aromatic N) is 1. The summed E-state index contributed by atoms with van der Waals surface area (Å²) >= 11 is 0. The number of aryl methyl sites for hydroxylation is 2. The molecule has 1 aliphatic heterocycles.